The summed E-state index contributed by atoms with van der Waals surface area (Å²) in [5.41, 5.74) is 0.0954. The van der Waals surface area contributed by atoms with Crippen LogP contribution >= 0.6 is 11.6 Å². The first-order chi connectivity index (χ1) is 9.38. The first-order valence-corrected chi connectivity index (χ1v) is 6.99. The van der Waals surface area contributed by atoms with Gasteiger partial charge in [0.05, 0.1) is 4.92 Å². The van der Waals surface area contributed by atoms with E-state index in [4.69, 9.17) is 11.6 Å². The smallest absolute Gasteiger partial charge is 0.288 e. The Bertz CT molecular complexity index is 537. The van der Waals surface area contributed by atoms with Gasteiger partial charge in [-0.1, -0.05) is 25.4 Å². The Morgan fingerprint density at radius 1 is 1.35 bits per heavy atom. The number of likely N-dealkylation sites (tertiary alicyclic amines) is 1. The van der Waals surface area contributed by atoms with E-state index in [1.165, 1.54) is 12.1 Å². The zero-order valence-corrected chi connectivity index (χ0v) is 12.3. The molecule has 1 aromatic rings. The summed E-state index contributed by atoms with van der Waals surface area (Å²) in [7, 11) is 0. The molecule has 1 amide bonds. The van der Waals surface area contributed by atoms with Gasteiger partial charge in [0, 0.05) is 24.7 Å². The number of amides is 1. The second-order valence-electron chi connectivity index (χ2n) is 5.58. The van der Waals surface area contributed by atoms with E-state index < -0.39 is 4.92 Å². The molecule has 0 radical (unpaired) electrons. The van der Waals surface area contributed by atoms with Gasteiger partial charge in [0.1, 0.15) is 5.02 Å². The van der Waals surface area contributed by atoms with Gasteiger partial charge in [-0.3, -0.25) is 14.9 Å². The largest absolute Gasteiger partial charge is 0.338 e. The molecule has 2 rings (SSSR count). The molecule has 0 unspecified atom stereocenters. The predicted octanol–water partition coefficient (Wildman–Crippen LogP) is 3.37. The van der Waals surface area contributed by atoms with Gasteiger partial charge < -0.3 is 4.90 Å². The van der Waals surface area contributed by atoms with E-state index in [2.05, 4.69) is 13.8 Å². The fourth-order valence-electron chi connectivity index (χ4n) is 2.80. The van der Waals surface area contributed by atoms with Crippen LogP contribution in [0.4, 0.5) is 5.69 Å². The van der Waals surface area contributed by atoms with Crippen LogP contribution in [0.2, 0.25) is 5.02 Å². The molecule has 1 heterocycles. The molecule has 0 saturated carbocycles. The van der Waals surface area contributed by atoms with Gasteiger partial charge in [-0.2, -0.15) is 0 Å². The van der Waals surface area contributed by atoms with Crippen molar-refractivity contribution in [1.82, 2.24) is 4.90 Å². The Labute approximate surface area is 122 Å². The fourth-order valence-corrected chi connectivity index (χ4v) is 2.98. The number of carbonyl (C=O) groups is 1. The summed E-state index contributed by atoms with van der Waals surface area (Å²) in [4.78, 5) is 24.5. The number of nitro groups is 1. The maximum atomic E-state index is 12.4. The third kappa shape index (κ3) is 3.10. The third-order valence-electron chi connectivity index (χ3n) is 3.55. The summed E-state index contributed by atoms with van der Waals surface area (Å²) in [6.07, 6.45) is 1.10. The predicted molar refractivity (Wildman–Crippen MR) is 77.0 cm³/mol. The summed E-state index contributed by atoms with van der Waals surface area (Å²) in [5, 5.41) is 10.9. The highest BCUT2D eigenvalue weighted by Crippen LogP contribution is 2.27. The average molecular weight is 297 g/mol. The molecular formula is C14H17ClN2O3. The highest BCUT2D eigenvalue weighted by atomic mass is 35.5. The maximum absolute atomic E-state index is 12.4. The topological polar surface area (TPSA) is 63.5 Å². The summed E-state index contributed by atoms with van der Waals surface area (Å²) in [5.74, 6) is 0.734. The molecule has 20 heavy (non-hydrogen) atoms. The van der Waals surface area contributed by atoms with Crippen molar-refractivity contribution < 1.29 is 9.72 Å². The van der Waals surface area contributed by atoms with E-state index in [-0.39, 0.29) is 16.6 Å². The van der Waals surface area contributed by atoms with Crippen molar-refractivity contribution in [1.29, 1.82) is 0 Å². The number of rotatable bonds is 2. The molecule has 1 aromatic carbocycles. The first-order valence-electron chi connectivity index (χ1n) is 6.61. The van der Waals surface area contributed by atoms with Crippen molar-refractivity contribution in [3.8, 4) is 0 Å². The molecule has 2 atom stereocenters. The van der Waals surface area contributed by atoms with Crippen molar-refractivity contribution in [3.63, 3.8) is 0 Å². The van der Waals surface area contributed by atoms with Crippen LogP contribution in [0.1, 0.15) is 30.6 Å². The van der Waals surface area contributed by atoms with Crippen LogP contribution in [0.15, 0.2) is 18.2 Å². The number of hydrogen-bond acceptors (Lipinski definition) is 3. The van der Waals surface area contributed by atoms with Gasteiger partial charge in [0.15, 0.2) is 0 Å². The number of nitrogens with zero attached hydrogens (tertiary/aromatic N) is 2. The molecule has 108 valence electrons. The molecule has 0 aromatic heterocycles. The molecule has 1 aliphatic rings. The third-order valence-corrected chi connectivity index (χ3v) is 3.87. The second-order valence-corrected chi connectivity index (χ2v) is 5.99. The molecule has 5 nitrogen and oxygen atoms in total. The number of carbonyl (C=O) groups excluding carboxylic acids is 1. The van der Waals surface area contributed by atoms with E-state index in [0.29, 0.717) is 30.5 Å². The Morgan fingerprint density at radius 2 is 1.95 bits per heavy atom. The van der Waals surface area contributed by atoms with Crippen molar-refractivity contribution in [2.75, 3.05) is 13.1 Å². The minimum atomic E-state index is -0.569. The minimum Gasteiger partial charge on any atom is -0.338 e. The Hall–Kier alpha value is -1.62. The molecule has 1 saturated heterocycles. The van der Waals surface area contributed by atoms with Crippen LogP contribution in [0.25, 0.3) is 0 Å². The lowest BCUT2D eigenvalue weighted by Crippen LogP contribution is -2.42. The number of halogens is 1. The second kappa shape index (κ2) is 5.79. The van der Waals surface area contributed by atoms with Gasteiger partial charge in [0.2, 0.25) is 0 Å². The molecule has 6 heteroatoms. The standard InChI is InChI=1S/C14H17ClN2O3/c1-9-5-10(2)8-16(7-9)14(18)11-3-4-12(15)13(6-11)17(19)20/h3-4,6,9-10H,5,7-8H2,1-2H3/t9-,10-/m1/s1. The van der Waals surface area contributed by atoms with Crippen LogP contribution in [-0.4, -0.2) is 28.8 Å². The van der Waals surface area contributed by atoms with Crippen LogP contribution in [-0.2, 0) is 0 Å². The summed E-state index contributed by atoms with van der Waals surface area (Å²) < 4.78 is 0. The summed E-state index contributed by atoms with van der Waals surface area (Å²) in [6.45, 7) is 5.61. The number of hydrogen-bond donors (Lipinski definition) is 0. The van der Waals surface area contributed by atoms with Gasteiger partial charge in [-0.15, -0.1) is 0 Å². The monoisotopic (exact) mass is 296 g/mol. The normalized spacial score (nSPS) is 22.6. The fraction of sp³-hybridized carbons (Fsp3) is 0.500. The van der Waals surface area contributed by atoms with Crippen LogP contribution < -0.4 is 0 Å². The lowest BCUT2D eigenvalue weighted by Gasteiger charge is -2.35. The Kier molecular flexibility index (Phi) is 4.28. The quantitative estimate of drug-likeness (QED) is 0.621. The molecule has 0 spiro atoms. The van der Waals surface area contributed by atoms with Gasteiger partial charge in [0.25, 0.3) is 11.6 Å². The van der Waals surface area contributed by atoms with E-state index in [1.54, 1.807) is 11.0 Å². The van der Waals surface area contributed by atoms with E-state index >= 15 is 0 Å². The summed E-state index contributed by atoms with van der Waals surface area (Å²) in [6, 6.07) is 4.21. The van der Waals surface area contributed by atoms with Crippen LogP contribution in [0, 0.1) is 22.0 Å². The lowest BCUT2D eigenvalue weighted by molar-refractivity contribution is -0.384. The average Bonchev–Trinajstić information content (AvgIpc) is 2.37. The highest BCUT2D eigenvalue weighted by molar-refractivity contribution is 6.32. The van der Waals surface area contributed by atoms with E-state index in [1.807, 2.05) is 0 Å². The van der Waals surface area contributed by atoms with Crippen molar-refractivity contribution in [3.05, 3.63) is 38.9 Å². The number of nitro benzene ring substituents is 1. The zero-order valence-electron chi connectivity index (χ0n) is 11.5. The zero-order chi connectivity index (χ0) is 14.9. The maximum Gasteiger partial charge on any atom is 0.288 e. The van der Waals surface area contributed by atoms with Crippen LogP contribution in [0.5, 0.6) is 0 Å². The Morgan fingerprint density at radius 3 is 2.50 bits per heavy atom. The molecule has 0 N–H and O–H groups in total. The van der Waals surface area contributed by atoms with E-state index in [0.717, 1.165) is 6.42 Å². The van der Waals surface area contributed by atoms with Crippen molar-refractivity contribution >= 4 is 23.2 Å². The lowest BCUT2D eigenvalue weighted by atomic mass is 9.91. The Balaban J connectivity index is 2.25. The molecule has 0 bridgehead atoms. The number of benzene rings is 1. The van der Waals surface area contributed by atoms with Gasteiger partial charge in [-0.05, 0) is 30.4 Å². The highest BCUT2D eigenvalue weighted by Gasteiger charge is 2.27. The summed E-state index contributed by atoms with van der Waals surface area (Å²) >= 11 is 5.76. The molecule has 1 aliphatic heterocycles. The first kappa shape index (κ1) is 14.8. The van der Waals surface area contributed by atoms with Gasteiger partial charge in [-0.25, -0.2) is 0 Å². The van der Waals surface area contributed by atoms with Crippen molar-refractivity contribution in [2.24, 2.45) is 11.8 Å². The SMILES string of the molecule is C[C@@H]1C[C@@H](C)CN(C(=O)c2ccc(Cl)c([N+](=O)[O-])c2)C1. The number of piperidine rings is 1. The molecule has 1 fully saturated rings. The van der Waals surface area contributed by atoms with E-state index in [9.17, 15) is 14.9 Å². The molecular weight excluding hydrogens is 280 g/mol. The van der Waals surface area contributed by atoms with Crippen molar-refractivity contribution in [2.45, 2.75) is 20.3 Å². The van der Waals surface area contributed by atoms with Gasteiger partial charge >= 0.3 is 0 Å². The minimum absolute atomic E-state index is 0.0481. The van der Waals surface area contributed by atoms with Crippen LogP contribution in [0.3, 0.4) is 0 Å². The molecule has 0 aliphatic carbocycles.